The third-order valence-corrected chi connectivity index (χ3v) is 3.40. The Balaban J connectivity index is 2.40. The van der Waals surface area contributed by atoms with E-state index in [9.17, 15) is 0 Å². The van der Waals surface area contributed by atoms with Crippen LogP contribution in [-0.2, 0) is 4.74 Å². The van der Waals surface area contributed by atoms with Gasteiger partial charge in [0, 0.05) is 19.8 Å². The molecule has 0 saturated heterocycles. The molecule has 0 spiro atoms. The monoisotopic (exact) mass is 293 g/mol. The van der Waals surface area contributed by atoms with Gasteiger partial charge in [-0.05, 0) is 56.8 Å². The Morgan fingerprint density at radius 3 is 2.62 bits per heavy atom. The van der Waals surface area contributed by atoms with Crippen LogP contribution in [0.1, 0.15) is 51.2 Å². The molecule has 0 aliphatic rings. The number of ether oxygens (including phenoxy) is 2. The molecule has 1 N–H and O–H groups in total. The fourth-order valence-corrected chi connectivity index (χ4v) is 2.23. The van der Waals surface area contributed by atoms with Crippen molar-refractivity contribution in [3.63, 3.8) is 0 Å². The largest absolute Gasteiger partial charge is 0.489 e. The second-order valence-corrected chi connectivity index (χ2v) is 5.88. The highest BCUT2D eigenvalue weighted by Gasteiger charge is 2.11. The van der Waals surface area contributed by atoms with E-state index in [1.54, 1.807) is 0 Å². The SMILES string of the molecule is CCOCCCNCC(C)Oc1cc(C)ccc1C(C)C. The summed E-state index contributed by atoms with van der Waals surface area (Å²) in [6.45, 7) is 14.1. The van der Waals surface area contributed by atoms with Crippen LogP contribution >= 0.6 is 0 Å². The molecule has 0 radical (unpaired) electrons. The number of benzene rings is 1. The van der Waals surface area contributed by atoms with Gasteiger partial charge in [-0.15, -0.1) is 0 Å². The van der Waals surface area contributed by atoms with Crippen LogP contribution in [0.2, 0.25) is 0 Å². The average Bonchev–Trinajstić information content (AvgIpc) is 2.42. The number of aryl methyl sites for hydroxylation is 1. The van der Waals surface area contributed by atoms with Gasteiger partial charge in [0.1, 0.15) is 11.9 Å². The number of nitrogens with one attached hydrogen (secondary N) is 1. The standard InChI is InChI=1S/C18H31NO2/c1-6-20-11-7-10-19-13-16(5)21-18-12-15(4)8-9-17(18)14(2)3/h8-9,12,14,16,19H,6-7,10-11,13H2,1-5H3. The minimum atomic E-state index is 0.163. The minimum absolute atomic E-state index is 0.163. The molecular weight excluding hydrogens is 262 g/mol. The molecule has 1 unspecified atom stereocenters. The van der Waals surface area contributed by atoms with Crippen LogP contribution in [0.3, 0.4) is 0 Å². The average molecular weight is 293 g/mol. The van der Waals surface area contributed by atoms with Gasteiger partial charge >= 0.3 is 0 Å². The second kappa shape index (κ2) is 9.80. The summed E-state index contributed by atoms with van der Waals surface area (Å²) in [4.78, 5) is 0. The Hall–Kier alpha value is -1.06. The Morgan fingerprint density at radius 1 is 1.19 bits per heavy atom. The highest BCUT2D eigenvalue weighted by atomic mass is 16.5. The van der Waals surface area contributed by atoms with Crippen LogP contribution in [0, 0.1) is 6.92 Å². The molecule has 21 heavy (non-hydrogen) atoms. The molecular formula is C18H31NO2. The van der Waals surface area contributed by atoms with E-state index in [-0.39, 0.29) is 6.10 Å². The van der Waals surface area contributed by atoms with Gasteiger partial charge in [-0.2, -0.15) is 0 Å². The maximum atomic E-state index is 6.12. The quantitative estimate of drug-likeness (QED) is 0.664. The molecule has 0 amide bonds. The third-order valence-electron chi connectivity index (χ3n) is 3.40. The van der Waals surface area contributed by atoms with Crippen molar-refractivity contribution in [2.75, 3.05) is 26.3 Å². The van der Waals surface area contributed by atoms with E-state index in [4.69, 9.17) is 9.47 Å². The smallest absolute Gasteiger partial charge is 0.123 e. The summed E-state index contributed by atoms with van der Waals surface area (Å²) < 4.78 is 11.4. The van der Waals surface area contributed by atoms with Crippen molar-refractivity contribution in [1.82, 2.24) is 5.32 Å². The molecule has 0 bridgehead atoms. The van der Waals surface area contributed by atoms with Crippen LogP contribution in [0.5, 0.6) is 5.75 Å². The first kappa shape index (κ1) is 18.0. The van der Waals surface area contributed by atoms with Crippen LogP contribution in [0.25, 0.3) is 0 Å². The van der Waals surface area contributed by atoms with Gasteiger partial charge in [-0.3, -0.25) is 0 Å². The van der Waals surface area contributed by atoms with E-state index in [2.05, 4.69) is 51.2 Å². The maximum Gasteiger partial charge on any atom is 0.123 e. The first-order valence-electron chi connectivity index (χ1n) is 8.10. The summed E-state index contributed by atoms with van der Waals surface area (Å²) in [5.41, 5.74) is 2.52. The van der Waals surface area contributed by atoms with Crippen LogP contribution in [0.15, 0.2) is 18.2 Å². The van der Waals surface area contributed by atoms with Crippen molar-refractivity contribution in [3.05, 3.63) is 29.3 Å². The van der Waals surface area contributed by atoms with Gasteiger partial charge < -0.3 is 14.8 Å². The van der Waals surface area contributed by atoms with Crippen molar-refractivity contribution in [1.29, 1.82) is 0 Å². The number of rotatable bonds is 10. The first-order chi connectivity index (χ1) is 10.0. The van der Waals surface area contributed by atoms with Crippen molar-refractivity contribution in [2.24, 2.45) is 0 Å². The van der Waals surface area contributed by atoms with Crippen LogP contribution in [-0.4, -0.2) is 32.4 Å². The molecule has 0 aliphatic heterocycles. The maximum absolute atomic E-state index is 6.12. The topological polar surface area (TPSA) is 30.5 Å². The summed E-state index contributed by atoms with van der Waals surface area (Å²) in [5, 5.41) is 3.42. The molecule has 1 aromatic rings. The van der Waals surface area contributed by atoms with E-state index < -0.39 is 0 Å². The fraction of sp³-hybridized carbons (Fsp3) is 0.667. The van der Waals surface area contributed by atoms with Gasteiger partial charge in [0.15, 0.2) is 0 Å². The molecule has 1 rings (SSSR count). The lowest BCUT2D eigenvalue weighted by Crippen LogP contribution is -2.30. The summed E-state index contributed by atoms with van der Waals surface area (Å²) in [5.74, 6) is 1.50. The molecule has 0 saturated carbocycles. The third kappa shape index (κ3) is 6.96. The number of hydrogen-bond acceptors (Lipinski definition) is 3. The zero-order valence-corrected chi connectivity index (χ0v) is 14.2. The lowest BCUT2D eigenvalue weighted by molar-refractivity contribution is 0.143. The normalized spacial score (nSPS) is 12.7. The highest BCUT2D eigenvalue weighted by molar-refractivity contribution is 5.39. The molecule has 0 aliphatic carbocycles. The van der Waals surface area contributed by atoms with E-state index in [0.717, 1.165) is 38.5 Å². The molecule has 0 heterocycles. The molecule has 3 heteroatoms. The molecule has 1 aromatic carbocycles. The zero-order valence-electron chi connectivity index (χ0n) is 14.2. The Labute approximate surface area is 130 Å². The summed E-state index contributed by atoms with van der Waals surface area (Å²) >= 11 is 0. The van der Waals surface area contributed by atoms with Crippen molar-refractivity contribution in [2.45, 2.75) is 53.1 Å². The van der Waals surface area contributed by atoms with E-state index in [0.29, 0.717) is 5.92 Å². The predicted molar refractivity (Wildman–Crippen MR) is 89.3 cm³/mol. The summed E-state index contributed by atoms with van der Waals surface area (Å²) in [6, 6.07) is 6.47. The van der Waals surface area contributed by atoms with Crippen LogP contribution < -0.4 is 10.1 Å². The van der Waals surface area contributed by atoms with Gasteiger partial charge in [0.2, 0.25) is 0 Å². The minimum Gasteiger partial charge on any atom is -0.489 e. The highest BCUT2D eigenvalue weighted by Crippen LogP contribution is 2.28. The summed E-state index contributed by atoms with van der Waals surface area (Å²) in [7, 11) is 0. The Morgan fingerprint density at radius 2 is 1.95 bits per heavy atom. The van der Waals surface area contributed by atoms with Gasteiger partial charge in [-0.25, -0.2) is 0 Å². The molecule has 3 nitrogen and oxygen atoms in total. The predicted octanol–water partition coefficient (Wildman–Crippen LogP) is 3.90. The van der Waals surface area contributed by atoms with Crippen molar-refractivity contribution < 1.29 is 9.47 Å². The van der Waals surface area contributed by atoms with Gasteiger partial charge in [0.05, 0.1) is 0 Å². The van der Waals surface area contributed by atoms with E-state index in [1.165, 1.54) is 11.1 Å². The Bertz CT molecular complexity index is 404. The van der Waals surface area contributed by atoms with E-state index in [1.807, 2.05) is 6.92 Å². The van der Waals surface area contributed by atoms with Gasteiger partial charge in [0.25, 0.3) is 0 Å². The van der Waals surface area contributed by atoms with Crippen molar-refractivity contribution >= 4 is 0 Å². The first-order valence-corrected chi connectivity index (χ1v) is 8.10. The molecule has 1 atom stereocenters. The molecule has 120 valence electrons. The van der Waals surface area contributed by atoms with Gasteiger partial charge in [-0.1, -0.05) is 26.0 Å². The zero-order chi connectivity index (χ0) is 15.7. The number of hydrogen-bond donors (Lipinski definition) is 1. The summed E-state index contributed by atoms with van der Waals surface area (Å²) in [6.07, 6.45) is 1.21. The van der Waals surface area contributed by atoms with E-state index >= 15 is 0 Å². The molecule has 0 fully saturated rings. The second-order valence-electron chi connectivity index (χ2n) is 5.88. The molecule has 0 aromatic heterocycles. The van der Waals surface area contributed by atoms with Crippen molar-refractivity contribution in [3.8, 4) is 5.75 Å². The lowest BCUT2D eigenvalue weighted by Gasteiger charge is -2.20. The van der Waals surface area contributed by atoms with Crippen LogP contribution in [0.4, 0.5) is 0 Å². The Kier molecular flexibility index (Phi) is 8.40. The lowest BCUT2D eigenvalue weighted by atomic mass is 10.0. The fourth-order valence-electron chi connectivity index (χ4n) is 2.23.